The fraction of sp³-hybridized carbons (Fsp3) is 0.615. The first kappa shape index (κ1) is 17.9. The van der Waals surface area contributed by atoms with Crippen LogP contribution in [0.15, 0.2) is 4.47 Å². The number of nitrogens with one attached hydrogen (secondary N) is 1. The quantitative estimate of drug-likeness (QED) is 0.606. The van der Waals surface area contributed by atoms with Crippen molar-refractivity contribution in [3.8, 4) is 0 Å². The Morgan fingerprint density at radius 1 is 1.52 bits per heavy atom. The van der Waals surface area contributed by atoms with Crippen LogP contribution in [0, 0.1) is 19.8 Å². The molecule has 0 atom stereocenters. The number of nitrogens with two attached hydrogens (primary N) is 1. The molecule has 0 bridgehead atoms. The van der Waals surface area contributed by atoms with E-state index in [1.165, 1.54) is 5.01 Å². The number of thiocarbonyl (C=S) groups is 1. The molecule has 1 aromatic heterocycles. The van der Waals surface area contributed by atoms with Gasteiger partial charge >= 0.3 is 0 Å². The first-order chi connectivity index (χ1) is 9.72. The average molecular weight is 376 g/mol. The van der Waals surface area contributed by atoms with E-state index in [2.05, 4.69) is 26.5 Å². The highest BCUT2D eigenvalue weighted by atomic mass is 79.9. The molecule has 0 unspecified atom stereocenters. The minimum Gasteiger partial charge on any atom is -0.375 e. The maximum absolute atomic E-state index is 12.0. The van der Waals surface area contributed by atoms with E-state index in [-0.39, 0.29) is 11.0 Å². The first-order valence-corrected chi connectivity index (χ1v) is 7.98. The Kier molecular flexibility index (Phi) is 6.60. The van der Waals surface area contributed by atoms with Crippen LogP contribution in [0.25, 0.3) is 0 Å². The molecule has 1 amide bonds. The van der Waals surface area contributed by atoms with Crippen molar-refractivity contribution in [2.24, 2.45) is 11.7 Å². The van der Waals surface area contributed by atoms with Crippen LogP contribution in [-0.2, 0) is 11.3 Å². The Hall–Kier alpha value is -1.15. The minimum absolute atomic E-state index is 0.132. The number of carbonyl (C=O) groups excluding carboxylic acids is 1. The van der Waals surface area contributed by atoms with Crippen LogP contribution < -0.4 is 11.2 Å². The zero-order chi connectivity index (χ0) is 16.2. The van der Waals surface area contributed by atoms with Crippen LogP contribution in [0.3, 0.4) is 0 Å². The molecule has 6 nitrogen and oxygen atoms in total. The maximum atomic E-state index is 12.0. The molecule has 8 heteroatoms. The summed E-state index contributed by atoms with van der Waals surface area (Å²) >= 11 is 8.41. The Bertz CT molecular complexity index is 529. The Balaban J connectivity index is 2.56. The summed E-state index contributed by atoms with van der Waals surface area (Å²) in [4.78, 5) is 12.0. The van der Waals surface area contributed by atoms with Gasteiger partial charge in [0.2, 0.25) is 5.91 Å². The lowest BCUT2D eigenvalue weighted by atomic mass is 10.2. The number of halogens is 1. The van der Waals surface area contributed by atoms with E-state index < -0.39 is 0 Å². The molecule has 0 aromatic carbocycles. The molecule has 0 aliphatic rings. The van der Waals surface area contributed by atoms with Crippen LogP contribution in [0.5, 0.6) is 0 Å². The summed E-state index contributed by atoms with van der Waals surface area (Å²) in [7, 11) is 0. The molecular formula is C13H22BrN5OS. The van der Waals surface area contributed by atoms with Crippen LogP contribution in [0.1, 0.15) is 31.7 Å². The van der Waals surface area contributed by atoms with Crippen molar-refractivity contribution in [2.75, 3.05) is 6.54 Å². The normalized spacial score (nSPS) is 10.8. The summed E-state index contributed by atoms with van der Waals surface area (Å²) in [5.41, 5.74) is 10.3. The van der Waals surface area contributed by atoms with E-state index in [4.69, 9.17) is 18.0 Å². The number of amides is 1. The van der Waals surface area contributed by atoms with Gasteiger partial charge in [-0.3, -0.25) is 19.9 Å². The number of carbonyl (C=O) groups is 1. The van der Waals surface area contributed by atoms with Gasteiger partial charge < -0.3 is 5.73 Å². The highest BCUT2D eigenvalue weighted by molar-refractivity contribution is 9.10. The average Bonchev–Trinajstić information content (AvgIpc) is 2.62. The number of rotatable bonds is 5. The van der Waals surface area contributed by atoms with Crippen molar-refractivity contribution in [3.63, 3.8) is 0 Å². The third kappa shape index (κ3) is 5.28. The predicted octanol–water partition coefficient (Wildman–Crippen LogP) is 1.89. The van der Waals surface area contributed by atoms with Crippen molar-refractivity contribution < 1.29 is 4.79 Å². The third-order valence-electron chi connectivity index (χ3n) is 2.92. The largest absolute Gasteiger partial charge is 0.375 e. The molecule has 0 aliphatic heterocycles. The Morgan fingerprint density at radius 3 is 2.57 bits per heavy atom. The zero-order valence-corrected chi connectivity index (χ0v) is 15.2. The van der Waals surface area contributed by atoms with Crippen molar-refractivity contribution in [1.82, 2.24) is 20.2 Å². The number of nitrogens with zero attached hydrogens (tertiary/aromatic N) is 3. The SMILES string of the molecule is Cc1nn(CCC(=O)NN(CC(C)C)C(N)=S)c(C)c1Br. The highest BCUT2D eigenvalue weighted by Crippen LogP contribution is 2.19. The van der Waals surface area contributed by atoms with Crippen molar-refractivity contribution in [1.29, 1.82) is 0 Å². The van der Waals surface area contributed by atoms with E-state index >= 15 is 0 Å². The van der Waals surface area contributed by atoms with Crippen LogP contribution in [-0.4, -0.2) is 32.4 Å². The number of hydrazine groups is 1. The molecular weight excluding hydrogens is 354 g/mol. The fourth-order valence-electron chi connectivity index (χ4n) is 1.86. The van der Waals surface area contributed by atoms with Gasteiger partial charge in [-0.2, -0.15) is 5.10 Å². The second kappa shape index (κ2) is 7.74. The number of hydrogen-bond acceptors (Lipinski definition) is 3. The Labute approximate surface area is 139 Å². The minimum atomic E-state index is -0.132. The lowest BCUT2D eigenvalue weighted by Gasteiger charge is -2.25. The monoisotopic (exact) mass is 375 g/mol. The van der Waals surface area contributed by atoms with Crippen LogP contribution in [0.2, 0.25) is 0 Å². The molecule has 0 saturated carbocycles. The fourth-order valence-corrected chi connectivity index (χ4v) is 2.27. The number of aryl methyl sites for hydroxylation is 2. The lowest BCUT2D eigenvalue weighted by Crippen LogP contribution is -2.50. The summed E-state index contributed by atoms with van der Waals surface area (Å²) in [6.07, 6.45) is 0.311. The molecule has 0 aliphatic carbocycles. The van der Waals surface area contributed by atoms with Crippen LogP contribution >= 0.6 is 28.1 Å². The first-order valence-electron chi connectivity index (χ1n) is 6.78. The second-order valence-corrected chi connectivity index (χ2v) is 6.55. The molecule has 118 valence electrons. The van der Waals surface area contributed by atoms with Crippen molar-refractivity contribution >= 4 is 39.2 Å². The van der Waals surface area contributed by atoms with Crippen LogP contribution in [0.4, 0.5) is 0 Å². The topological polar surface area (TPSA) is 76.2 Å². The molecule has 1 aromatic rings. The van der Waals surface area contributed by atoms with Crippen molar-refractivity contribution in [3.05, 3.63) is 15.9 Å². The summed E-state index contributed by atoms with van der Waals surface area (Å²) < 4.78 is 2.79. The van der Waals surface area contributed by atoms with Gasteiger partial charge in [0.05, 0.1) is 16.7 Å². The molecule has 0 spiro atoms. The third-order valence-corrected chi connectivity index (χ3v) is 4.29. The summed E-state index contributed by atoms with van der Waals surface area (Å²) in [6.45, 7) is 9.05. The number of hydrogen-bond donors (Lipinski definition) is 2. The van der Waals surface area contributed by atoms with Gasteiger partial charge in [0.15, 0.2) is 5.11 Å². The summed E-state index contributed by atoms with van der Waals surface area (Å²) in [5.74, 6) is 0.214. The van der Waals surface area contributed by atoms with E-state index in [1.807, 2.05) is 32.4 Å². The lowest BCUT2D eigenvalue weighted by molar-refractivity contribution is -0.124. The van der Waals surface area contributed by atoms with E-state index in [0.29, 0.717) is 25.4 Å². The smallest absolute Gasteiger partial charge is 0.240 e. The standard InChI is InChI=1S/C13H22BrN5OS/c1-8(2)7-19(13(15)21)17-11(20)5-6-18-10(4)12(14)9(3)16-18/h8H,5-7H2,1-4H3,(H2,15,21)(H,17,20). The van der Waals surface area contributed by atoms with Gasteiger partial charge in [0, 0.05) is 18.7 Å². The maximum Gasteiger partial charge on any atom is 0.240 e. The van der Waals surface area contributed by atoms with Gasteiger partial charge in [-0.25, -0.2) is 0 Å². The predicted molar refractivity (Wildman–Crippen MR) is 90.5 cm³/mol. The summed E-state index contributed by atoms with van der Waals surface area (Å²) in [5, 5.41) is 6.06. The molecule has 0 radical (unpaired) electrons. The molecule has 0 fully saturated rings. The van der Waals surface area contributed by atoms with Gasteiger partial charge in [0.25, 0.3) is 0 Å². The van der Waals surface area contributed by atoms with Gasteiger partial charge in [-0.15, -0.1) is 0 Å². The zero-order valence-electron chi connectivity index (χ0n) is 12.8. The molecule has 1 rings (SSSR count). The van der Waals surface area contributed by atoms with Gasteiger partial charge in [0.1, 0.15) is 0 Å². The second-order valence-electron chi connectivity index (χ2n) is 5.34. The van der Waals surface area contributed by atoms with Crippen molar-refractivity contribution in [2.45, 2.75) is 40.7 Å². The number of aromatic nitrogens is 2. The molecule has 21 heavy (non-hydrogen) atoms. The van der Waals surface area contributed by atoms with E-state index in [9.17, 15) is 4.79 Å². The van der Waals surface area contributed by atoms with E-state index in [0.717, 1.165) is 15.9 Å². The molecule has 0 saturated heterocycles. The highest BCUT2D eigenvalue weighted by Gasteiger charge is 2.14. The van der Waals surface area contributed by atoms with Gasteiger partial charge in [-0.1, -0.05) is 13.8 Å². The summed E-state index contributed by atoms with van der Waals surface area (Å²) in [6, 6.07) is 0. The van der Waals surface area contributed by atoms with E-state index in [1.54, 1.807) is 0 Å². The van der Waals surface area contributed by atoms with Gasteiger partial charge in [-0.05, 0) is 47.9 Å². The Morgan fingerprint density at radius 2 is 2.14 bits per heavy atom. The molecule has 3 N–H and O–H groups in total. The molecule has 1 heterocycles.